The summed E-state index contributed by atoms with van der Waals surface area (Å²) < 4.78 is 0. The van der Waals surface area contributed by atoms with E-state index in [1.54, 1.807) is 0 Å². The highest BCUT2D eigenvalue weighted by Crippen LogP contribution is 2.30. The molecule has 1 heterocycles. The summed E-state index contributed by atoms with van der Waals surface area (Å²) in [5.74, 6) is -0.0569. The molecular weight excluding hydrogens is 166 g/mol. The Labute approximate surface area is 79.1 Å². The van der Waals surface area contributed by atoms with Gasteiger partial charge in [0.05, 0.1) is 0 Å². The van der Waals surface area contributed by atoms with E-state index in [1.165, 1.54) is 4.90 Å². The second-order valence-corrected chi connectivity index (χ2v) is 3.45. The Balaban J connectivity index is 2.88. The first-order valence-electron chi connectivity index (χ1n) is 5.02. The lowest BCUT2D eigenvalue weighted by atomic mass is 9.91. The quantitative estimate of drug-likeness (QED) is 0.621. The van der Waals surface area contributed by atoms with Crippen LogP contribution in [0.2, 0.25) is 0 Å². The average molecular weight is 183 g/mol. The van der Waals surface area contributed by atoms with E-state index < -0.39 is 0 Å². The van der Waals surface area contributed by atoms with Crippen LogP contribution in [0, 0.1) is 11.8 Å². The van der Waals surface area contributed by atoms with Crippen molar-refractivity contribution in [3.63, 3.8) is 0 Å². The van der Waals surface area contributed by atoms with Crippen LogP contribution in [-0.4, -0.2) is 23.3 Å². The molecule has 0 aromatic rings. The van der Waals surface area contributed by atoms with Crippen LogP contribution in [0.5, 0.6) is 0 Å². The molecule has 13 heavy (non-hydrogen) atoms. The van der Waals surface area contributed by atoms with Crippen LogP contribution in [-0.2, 0) is 9.59 Å². The van der Waals surface area contributed by atoms with Gasteiger partial charge >= 0.3 is 0 Å². The number of hydrogen-bond donors (Lipinski definition) is 0. The van der Waals surface area contributed by atoms with E-state index in [1.807, 2.05) is 20.8 Å². The SMILES string of the molecule is CCC1C(=O)N(CC)C(=O)C1CC. The molecule has 0 saturated carbocycles. The van der Waals surface area contributed by atoms with Crippen molar-refractivity contribution in [1.82, 2.24) is 4.90 Å². The number of nitrogens with zero attached hydrogens (tertiary/aromatic N) is 1. The third kappa shape index (κ3) is 1.47. The molecule has 0 radical (unpaired) electrons. The molecule has 1 aliphatic rings. The molecule has 0 N–H and O–H groups in total. The molecule has 1 aliphatic heterocycles. The smallest absolute Gasteiger partial charge is 0.233 e. The van der Waals surface area contributed by atoms with Gasteiger partial charge in [0.25, 0.3) is 0 Å². The molecule has 0 bridgehead atoms. The lowest BCUT2D eigenvalue weighted by Gasteiger charge is -2.10. The predicted molar refractivity (Wildman–Crippen MR) is 50.0 cm³/mol. The standard InChI is InChI=1S/C10H17NO2/c1-4-7-8(5-2)10(13)11(6-3)9(7)12/h7-8H,4-6H2,1-3H3. The molecular formula is C10H17NO2. The largest absolute Gasteiger partial charge is 0.282 e. The monoisotopic (exact) mass is 183 g/mol. The van der Waals surface area contributed by atoms with Crippen LogP contribution in [0.4, 0.5) is 0 Å². The van der Waals surface area contributed by atoms with E-state index in [9.17, 15) is 9.59 Å². The highest BCUT2D eigenvalue weighted by molar-refractivity contribution is 6.04. The van der Waals surface area contributed by atoms with Crippen LogP contribution in [0.15, 0.2) is 0 Å². The highest BCUT2D eigenvalue weighted by Gasteiger charge is 2.44. The molecule has 3 nitrogen and oxygen atoms in total. The number of amides is 2. The van der Waals surface area contributed by atoms with Gasteiger partial charge in [-0.2, -0.15) is 0 Å². The maximum atomic E-state index is 11.7. The summed E-state index contributed by atoms with van der Waals surface area (Å²) in [6.07, 6.45) is 1.55. The summed E-state index contributed by atoms with van der Waals surface area (Å²) in [7, 11) is 0. The van der Waals surface area contributed by atoms with Crippen molar-refractivity contribution in [1.29, 1.82) is 0 Å². The van der Waals surface area contributed by atoms with Gasteiger partial charge in [-0.05, 0) is 19.8 Å². The number of hydrogen-bond acceptors (Lipinski definition) is 2. The van der Waals surface area contributed by atoms with E-state index >= 15 is 0 Å². The maximum Gasteiger partial charge on any atom is 0.233 e. The lowest BCUT2D eigenvalue weighted by Crippen LogP contribution is -2.30. The Morgan fingerprint density at radius 1 is 1.00 bits per heavy atom. The molecule has 0 spiro atoms. The number of carbonyl (C=O) groups excluding carboxylic acids is 2. The molecule has 0 aliphatic carbocycles. The molecule has 1 saturated heterocycles. The van der Waals surface area contributed by atoms with Crippen molar-refractivity contribution in [3.05, 3.63) is 0 Å². The third-order valence-corrected chi connectivity index (χ3v) is 2.85. The van der Waals surface area contributed by atoms with Crippen LogP contribution < -0.4 is 0 Å². The normalized spacial score (nSPS) is 28.7. The molecule has 2 atom stereocenters. The van der Waals surface area contributed by atoms with Crippen molar-refractivity contribution in [3.8, 4) is 0 Å². The zero-order valence-electron chi connectivity index (χ0n) is 8.54. The number of imide groups is 1. The summed E-state index contributed by atoms with van der Waals surface area (Å²) in [6.45, 7) is 6.31. The topological polar surface area (TPSA) is 37.4 Å². The number of likely N-dealkylation sites (tertiary alicyclic amines) is 1. The molecule has 2 unspecified atom stereocenters. The van der Waals surface area contributed by atoms with Gasteiger partial charge in [0.2, 0.25) is 11.8 Å². The number of rotatable bonds is 3. The van der Waals surface area contributed by atoms with Crippen LogP contribution in [0.3, 0.4) is 0 Å². The Kier molecular flexibility index (Phi) is 3.07. The summed E-state index contributed by atoms with van der Waals surface area (Å²) >= 11 is 0. The predicted octanol–water partition coefficient (Wildman–Crippen LogP) is 1.43. The molecule has 0 aromatic heterocycles. The first-order valence-corrected chi connectivity index (χ1v) is 5.02. The lowest BCUT2D eigenvalue weighted by molar-refractivity contribution is -0.139. The highest BCUT2D eigenvalue weighted by atomic mass is 16.2. The Hall–Kier alpha value is -0.860. The summed E-state index contributed by atoms with van der Waals surface area (Å²) in [4.78, 5) is 24.7. The minimum absolute atomic E-state index is 0.0295. The minimum Gasteiger partial charge on any atom is -0.282 e. The summed E-state index contributed by atoms with van der Waals surface area (Å²) in [6, 6.07) is 0. The van der Waals surface area contributed by atoms with E-state index in [0.29, 0.717) is 6.54 Å². The molecule has 0 aromatic carbocycles. The van der Waals surface area contributed by atoms with Crippen LogP contribution in [0.25, 0.3) is 0 Å². The summed E-state index contributed by atoms with van der Waals surface area (Å²) in [5.41, 5.74) is 0. The van der Waals surface area contributed by atoms with E-state index in [4.69, 9.17) is 0 Å². The Bertz CT molecular complexity index is 203. The van der Waals surface area contributed by atoms with E-state index in [-0.39, 0.29) is 23.7 Å². The van der Waals surface area contributed by atoms with E-state index in [2.05, 4.69) is 0 Å². The van der Waals surface area contributed by atoms with Gasteiger partial charge in [-0.25, -0.2) is 0 Å². The molecule has 3 heteroatoms. The van der Waals surface area contributed by atoms with Crippen molar-refractivity contribution >= 4 is 11.8 Å². The fourth-order valence-corrected chi connectivity index (χ4v) is 2.08. The molecule has 1 rings (SSSR count). The second-order valence-electron chi connectivity index (χ2n) is 3.45. The average Bonchev–Trinajstić information content (AvgIpc) is 2.36. The van der Waals surface area contributed by atoms with Crippen molar-refractivity contribution < 1.29 is 9.59 Å². The van der Waals surface area contributed by atoms with Crippen molar-refractivity contribution in [2.24, 2.45) is 11.8 Å². The van der Waals surface area contributed by atoms with Gasteiger partial charge in [0.15, 0.2) is 0 Å². The van der Waals surface area contributed by atoms with Gasteiger partial charge in [0, 0.05) is 18.4 Å². The molecule has 2 amide bonds. The zero-order valence-corrected chi connectivity index (χ0v) is 8.54. The first kappa shape index (κ1) is 10.2. The van der Waals surface area contributed by atoms with Gasteiger partial charge < -0.3 is 0 Å². The third-order valence-electron chi connectivity index (χ3n) is 2.85. The number of carbonyl (C=O) groups is 2. The molecule has 74 valence electrons. The van der Waals surface area contributed by atoms with Gasteiger partial charge in [-0.15, -0.1) is 0 Å². The maximum absolute atomic E-state index is 11.7. The van der Waals surface area contributed by atoms with E-state index in [0.717, 1.165) is 12.8 Å². The van der Waals surface area contributed by atoms with Crippen LogP contribution in [0.1, 0.15) is 33.6 Å². The first-order chi connectivity index (χ1) is 6.17. The Morgan fingerprint density at radius 3 is 1.62 bits per heavy atom. The van der Waals surface area contributed by atoms with Gasteiger partial charge in [-0.3, -0.25) is 14.5 Å². The van der Waals surface area contributed by atoms with Gasteiger partial charge in [0.1, 0.15) is 0 Å². The zero-order chi connectivity index (χ0) is 10.0. The summed E-state index contributed by atoms with van der Waals surface area (Å²) in [5, 5.41) is 0. The Morgan fingerprint density at radius 2 is 1.38 bits per heavy atom. The van der Waals surface area contributed by atoms with Crippen molar-refractivity contribution in [2.75, 3.05) is 6.54 Å². The second kappa shape index (κ2) is 3.90. The van der Waals surface area contributed by atoms with Crippen LogP contribution >= 0.6 is 0 Å². The fourth-order valence-electron chi connectivity index (χ4n) is 2.08. The van der Waals surface area contributed by atoms with Crippen molar-refractivity contribution in [2.45, 2.75) is 33.6 Å². The fraction of sp³-hybridized carbons (Fsp3) is 0.800. The minimum atomic E-state index is -0.0579. The van der Waals surface area contributed by atoms with Gasteiger partial charge in [-0.1, -0.05) is 13.8 Å². The molecule has 1 fully saturated rings.